The van der Waals surface area contributed by atoms with Crippen LogP contribution >= 0.6 is 0 Å². The van der Waals surface area contributed by atoms with Crippen molar-refractivity contribution in [3.05, 3.63) is 0 Å². The molecule has 0 radical (unpaired) electrons. The van der Waals surface area contributed by atoms with Crippen LogP contribution in [0.3, 0.4) is 0 Å². The molecule has 1 aliphatic carbocycles. The Morgan fingerprint density at radius 1 is 1.25 bits per heavy atom. The van der Waals surface area contributed by atoms with Gasteiger partial charge in [0, 0.05) is 19.1 Å². The van der Waals surface area contributed by atoms with E-state index in [1.807, 2.05) is 13.8 Å². The first-order valence-electron chi connectivity index (χ1n) is 7.15. The molecule has 2 amide bonds. The summed E-state index contributed by atoms with van der Waals surface area (Å²) in [6.07, 6.45) is 1.57. The molecule has 114 valence electrons. The van der Waals surface area contributed by atoms with E-state index in [1.165, 1.54) is 0 Å². The number of carbonyl (C=O) groups excluding carboxylic acids is 2. The topological polar surface area (TPSA) is 83.6 Å². The van der Waals surface area contributed by atoms with E-state index >= 15 is 0 Å². The first-order valence-corrected chi connectivity index (χ1v) is 8.97. The van der Waals surface area contributed by atoms with Gasteiger partial charge in [-0.3, -0.25) is 9.59 Å². The standard InChI is InChI=1S/C13H22N2O4S/c1-3-15(4-2)12(17)13(6-7-13)11(16)14-10-5-8-20(18,19)9-10/h10H,3-9H2,1-2H3,(H,14,16). The lowest BCUT2D eigenvalue weighted by Crippen LogP contribution is -2.48. The maximum Gasteiger partial charge on any atom is 0.238 e. The van der Waals surface area contributed by atoms with Crippen LogP contribution in [-0.4, -0.2) is 55.8 Å². The Bertz CT molecular complexity index is 506. The molecule has 2 fully saturated rings. The first kappa shape index (κ1) is 15.3. The Morgan fingerprint density at radius 2 is 1.85 bits per heavy atom. The monoisotopic (exact) mass is 302 g/mol. The molecule has 0 bridgehead atoms. The zero-order chi connectivity index (χ0) is 15.0. The number of sulfone groups is 1. The summed E-state index contributed by atoms with van der Waals surface area (Å²) in [4.78, 5) is 26.4. The maximum absolute atomic E-state index is 12.4. The number of carbonyl (C=O) groups is 2. The van der Waals surface area contributed by atoms with E-state index in [4.69, 9.17) is 0 Å². The van der Waals surface area contributed by atoms with Gasteiger partial charge in [-0.05, 0) is 33.1 Å². The minimum Gasteiger partial charge on any atom is -0.351 e. The predicted octanol–water partition coefficient (Wildman–Crippen LogP) is -0.0617. The third kappa shape index (κ3) is 2.82. The highest BCUT2D eigenvalue weighted by Gasteiger charge is 2.58. The van der Waals surface area contributed by atoms with Crippen LogP contribution in [-0.2, 0) is 19.4 Å². The smallest absolute Gasteiger partial charge is 0.238 e. The van der Waals surface area contributed by atoms with Crippen LogP contribution in [0.5, 0.6) is 0 Å². The molecule has 1 atom stereocenters. The summed E-state index contributed by atoms with van der Waals surface area (Å²) in [5.74, 6) is -0.305. The molecule has 0 aromatic rings. The Hall–Kier alpha value is -1.11. The van der Waals surface area contributed by atoms with Crippen molar-refractivity contribution < 1.29 is 18.0 Å². The van der Waals surface area contributed by atoms with Crippen LogP contribution in [0.2, 0.25) is 0 Å². The van der Waals surface area contributed by atoms with Gasteiger partial charge < -0.3 is 10.2 Å². The minimum absolute atomic E-state index is 0.00567. The van der Waals surface area contributed by atoms with Gasteiger partial charge in [0.15, 0.2) is 9.84 Å². The lowest BCUT2D eigenvalue weighted by Gasteiger charge is -2.25. The Labute approximate surface area is 119 Å². The van der Waals surface area contributed by atoms with Gasteiger partial charge in [-0.2, -0.15) is 0 Å². The van der Waals surface area contributed by atoms with E-state index in [1.54, 1.807) is 4.90 Å². The lowest BCUT2D eigenvalue weighted by atomic mass is 10.0. The highest BCUT2D eigenvalue weighted by molar-refractivity contribution is 7.91. The number of hydrogen-bond acceptors (Lipinski definition) is 4. The summed E-state index contributed by atoms with van der Waals surface area (Å²) in [7, 11) is -3.02. The van der Waals surface area contributed by atoms with Crippen molar-refractivity contribution in [3.8, 4) is 0 Å². The van der Waals surface area contributed by atoms with Crippen molar-refractivity contribution in [2.45, 2.75) is 39.2 Å². The number of amides is 2. The number of nitrogens with zero attached hydrogens (tertiary/aromatic N) is 1. The second-order valence-corrected chi connectivity index (χ2v) is 7.86. The number of nitrogens with one attached hydrogen (secondary N) is 1. The van der Waals surface area contributed by atoms with Crippen molar-refractivity contribution in [1.29, 1.82) is 0 Å². The number of rotatable bonds is 5. The normalized spacial score (nSPS) is 26.0. The van der Waals surface area contributed by atoms with E-state index in [0.29, 0.717) is 32.4 Å². The molecular formula is C13H22N2O4S. The highest BCUT2D eigenvalue weighted by Crippen LogP contribution is 2.47. The molecule has 6 nitrogen and oxygen atoms in total. The molecule has 0 aromatic heterocycles. The van der Waals surface area contributed by atoms with Gasteiger partial charge in [0.2, 0.25) is 11.8 Å². The van der Waals surface area contributed by atoms with Gasteiger partial charge in [-0.1, -0.05) is 0 Å². The molecule has 2 aliphatic rings. The molecule has 1 saturated heterocycles. The van der Waals surface area contributed by atoms with Crippen molar-refractivity contribution >= 4 is 21.7 Å². The van der Waals surface area contributed by atoms with Crippen LogP contribution in [0.15, 0.2) is 0 Å². The average molecular weight is 302 g/mol. The van der Waals surface area contributed by atoms with E-state index in [0.717, 1.165) is 0 Å². The lowest BCUT2D eigenvalue weighted by molar-refractivity contribution is -0.144. The molecule has 1 heterocycles. The summed E-state index contributed by atoms with van der Waals surface area (Å²) >= 11 is 0. The van der Waals surface area contributed by atoms with Crippen LogP contribution in [0.25, 0.3) is 0 Å². The van der Waals surface area contributed by atoms with Crippen molar-refractivity contribution in [3.63, 3.8) is 0 Å². The van der Waals surface area contributed by atoms with E-state index in [2.05, 4.69) is 5.32 Å². The fraction of sp³-hybridized carbons (Fsp3) is 0.846. The van der Waals surface area contributed by atoms with Crippen molar-refractivity contribution in [2.24, 2.45) is 5.41 Å². The molecule has 1 aliphatic heterocycles. The summed E-state index contributed by atoms with van der Waals surface area (Å²) < 4.78 is 22.8. The zero-order valence-corrected chi connectivity index (χ0v) is 12.8. The largest absolute Gasteiger partial charge is 0.351 e. The molecular weight excluding hydrogens is 280 g/mol. The summed E-state index contributed by atoms with van der Waals surface area (Å²) in [6, 6.07) is -0.338. The average Bonchev–Trinajstić information content (AvgIpc) is 3.12. The van der Waals surface area contributed by atoms with Gasteiger partial charge >= 0.3 is 0 Å². The van der Waals surface area contributed by atoms with Crippen LogP contribution in [0, 0.1) is 5.41 Å². The molecule has 20 heavy (non-hydrogen) atoms. The Kier molecular flexibility index (Phi) is 4.09. The molecule has 1 N–H and O–H groups in total. The van der Waals surface area contributed by atoms with Gasteiger partial charge in [0.1, 0.15) is 5.41 Å². The summed E-state index contributed by atoms with van der Waals surface area (Å²) in [5.41, 5.74) is -0.932. The third-order valence-electron chi connectivity index (χ3n) is 4.21. The van der Waals surface area contributed by atoms with Gasteiger partial charge in [-0.15, -0.1) is 0 Å². The van der Waals surface area contributed by atoms with Crippen molar-refractivity contribution in [2.75, 3.05) is 24.6 Å². The fourth-order valence-electron chi connectivity index (χ4n) is 2.71. The van der Waals surface area contributed by atoms with Crippen molar-refractivity contribution in [1.82, 2.24) is 10.2 Å². The predicted molar refractivity (Wildman–Crippen MR) is 74.8 cm³/mol. The quantitative estimate of drug-likeness (QED) is 0.721. The highest BCUT2D eigenvalue weighted by atomic mass is 32.2. The SMILES string of the molecule is CCN(CC)C(=O)C1(C(=O)NC2CCS(=O)(=O)C2)CC1. The minimum atomic E-state index is -3.02. The van der Waals surface area contributed by atoms with Gasteiger partial charge in [-0.25, -0.2) is 8.42 Å². The second kappa shape index (κ2) is 5.35. The molecule has 0 aromatic carbocycles. The maximum atomic E-state index is 12.4. The Morgan fingerprint density at radius 3 is 2.25 bits per heavy atom. The zero-order valence-electron chi connectivity index (χ0n) is 12.0. The second-order valence-electron chi connectivity index (χ2n) is 5.63. The van der Waals surface area contributed by atoms with Gasteiger partial charge in [0.05, 0.1) is 11.5 Å². The molecule has 1 unspecified atom stereocenters. The van der Waals surface area contributed by atoms with E-state index in [9.17, 15) is 18.0 Å². The molecule has 2 rings (SSSR count). The van der Waals surface area contributed by atoms with Gasteiger partial charge in [0.25, 0.3) is 0 Å². The van der Waals surface area contributed by atoms with Crippen LogP contribution in [0.4, 0.5) is 0 Å². The Balaban J connectivity index is 2.00. The number of hydrogen-bond donors (Lipinski definition) is 1. The molecule has 0 spiro atoms. The first-order chi connectivity index (χ1) is 9.34. The van der Waals surface area contributed by atoms with Crippen LogP contribution in [0.1, 0.15) is 33.1 Å². The molecule has 7 heteroatoms. The van der Waals surface area contributed by atoms with Crippen LogP contribution < -0.4 is 5.32 Å². The third-order valence-corrected chi connectivity index (χ3v) is 5.98. The van der Waals surface area contributed by atoms with E-state index < -0.39 is 15.3 Å². The summed E-state index contributed by atoms with van der Waals surface area (Å²) in [5, 5.41) is 2.76. The molecule has 1 saturated carbocycles. The fourth-order valence-corrected chi connectivity index (χ4v) is 4.38. The summed E-state index contributed by atoms with van der Waals surface area (Å²) in [6.45, 7) is 4.95. The van der Waals surface area contributed by atoms with E-state index in [-0.39, 0.29) is 29.4 Å².